The molecule has 2 heterocycles. The van der Waals surface area contributed by atoms with Gasteiger partial charge in [0.15, 0.2) is 0 Å². The number of benzene rings is 1. The Labute approximate surface area is 111 Å². The van der Waals surface area contributed by atoms with Crippen molar-refractivity contribution in [3.05, 3.63) is 32.9 Å². The van der Waals surface area contributed by atoms with Crippen LogP contribution in [0.4, 0.5) is 5.69 Å². The molecule has 0 saturated heterocycles. The zero-order valence-electron chi connectivity index (χ0n) is 9.12. The normalized spacial score (nSPS) is 11.2. The van der Waals surface area contributed by atoms with Crippen molar-refractivity contribution >= 4 is 44.0 Å². The molecular formula is C12H10BrN3S. The summed E-state index contributed by atoms with van der Waals surface area (Å²) < 4.78 is 0.958. The number of fused-ring (bicyclic) bond motifs is 1. The maximum atomic E-state index is 5.95. The topological polar surface area (TPSA) is 54.7 Å². The van der Waals surface area contributed by atoms with Crippen LogP contribution in [0.25, 0.3) is 22.4 Å². The number of hydrogen-bond donors (Lipinski definition) is 2. The molecule has 86 valence electrons. The Bertz CT molecular complexity index is 699. The number of H-pyrrole nitrogens is 1. The van der Waals surface area contributed by atoms with Gasteiger partial charge in [-0.3, -0.25) is 0 Å². The average molecular weight is 308 g/mol. The van der Waals surface area contributed by atoms with E-state index in [1.165, 1.54) is 5.56 Å². The SMILES string of the molecule is Cc1cscc1-c1nc2c(N)cc(Br)cc2[nH]1. The summed E-state index contributed by atoms with van der Waals surface area (Å²) in [6.07, 6.45) is 0. The van der Waals surface area contributed by atoms with E-state index in [0.717, 1.165) is 26.9 Å². The Kier molecular flexibility index (Phi) is 2.45. The van der Waals surface area contributed by atoms with Gasteiger partial charge in [-0.1, -0.05) is 15.9 Å². The minimum atomic E-state index is 0.685. The number of aryl methyl sites for hydroxylation is 1. The summed E-state index contributed by atoms with van der Waals surface area (Å²) in [6.45, 7) is 2.08. The van der Waals surface area contributed by atoms with Crippen LogP contribution in [0, 0.1) is 6.92 Å². The number of thiophene rings is 1. The Balaban J connectivity index is 2.27. The lowest BCUT2D eigenvalue weighted by Gasteiger charge is -1.94. The van der Waals surface area contributed by atoms with Gasteiger partial charge in [0, 0.05) is 15.4 Å². The van der Waals surface area contributed by atoms with Crippen molar-refractivity contribution in [2.75, 3.05) is 5.73 Å². The highest BCUT2D eigenvalue weighted by atomic mass is 79.9. The Morgan fingerprint density at radius 2 is 2.18 bits per heavy atom. The van der Waals surface area contributed by atoms with Crippen LogP contribution < -0.4 is 5.73 Å². The molecule has 0 radical (unpaired) electrons. The van der Waals surface area contributed by atoms with Gasteiger partial charge in [0.2, 0.25) is 0 Å². The van der Waals surface area contributed by atoms with E-state index in [1.807, 2.05) is 12.1 Å². The highest BCUT2D eigenvalue weighted by Gasteiger charge is 2.10. The first-order chi connectivity index (χ1) is 8.15. The van der Waals surface area contributed by atoms with Gasteiger partial charge in [-0.25, -0.2) is 4.98 Å². The second kappa shape index (κ2) is 3.85. The Morgan fingerprint density at radius 3 is 2.88 bits per heavy atom. The molecule has 0 saturated carbocycles. The standard InChI is InChI=1S/C12H10BrN3S/c1-6-4-17-5-8(6)12-15-10-3-7(13)2-9(14)11(10)16-12/h2-5H,14H2,1H3,(H,15,16). The third kappa shape index (κ3) is 1.75. The maximum Gasteiger partial charge on any atom is 0.139 e. The number of nitrogen functional groups attached to an aromatic ring is 1. The third-order valence-electron chi connectivity index (χ3n) is 2.69. The fraction of sp³-hybridized carbons (Fsp3) is 0.0833. The van der Waals surface area contributed by atoms with Crippen LogP contribution in [0.1, 0.15) is 5.56 Å². The van der Waals surface area contributed by atoms with E-state index in [-0.39, 0.29) is 0 Å². The van der Waals surface area contributed by atoms with Crippen LogP contribution in [0.15, 0.2) is 27.4 Å². The summed E-state index contributed by atoms with van der Waals surface area (Å²) in [5.74, 6) is 0.878. The molecule has 0 amide bonds. The minimum absolute atomic E-state index is 0.685. The first kappa shape index (κ1) is 10.8. The molecular weight excluding hydrogens is 298 g/mol. The third-order valence-corrected chi connectivity index (χ3v) is 4.01. The second-order valence-electron chi connectivity index (χ2n) is 3.95. The monoisotopic (exact) mass is 307 g/mol. The number of nitrogens with zero attached hydrogens (tertiary/aromatic N) is 1. The molecule has 0 bridgehead atoms. The molecule has 0 fully saturated rings. The van der Waals surface area contributed by atoms with Crippen molar-refractivity contribution in [2.45, 2.75) is 6.92 Å². The minimum Gasteiger partial charge on any atom is -0.397 e. The number of anilines is 1. The van der Waals surface area contributed by atoms with Crippen LogP contribution >= 0.6 is 27.3 Å². The second-order valence-corrected chi connectivity index (χ2v) is 5.60. The Hall–Kier alpha value is -1.33. The summed E-state index contributed by atoms with van der Waals surface area (Å²) in [7, 11) is 0. The van der Waals surface area contributed by atoms with Crippen LogP contribution in [0.5, 0.6) is 0 Å². The fourth-order valence-electron chi connectivity index (χ4n) is 1.84. The van der Waals surface area contributed by atoms with Crippen LogP contribution in [0.3, 0.4) is 0 Å². The molecule has 0 spiro atoms. The maximum absolute atomic E-state index is 5.95. The van der Waals surface area contributed by atoms with Gasteiger partial charge >= 0.3 is 0 Å². The number of nitrogens with two attached hydrogens (primary N) is 1. The molecule has 0 atom stereocenters. The molecule has 2 aromatic heterocycles. The van der Waals surface area contributed by atoms with E-state index < -0.39 is 0 Å². The smallest absolute Gasteiger partial charge is 0.139 e. The van der Waals surface area contributed by atoms with E-state index in [2.05, 4.69) is 43.6 Å². The van der Waals surface area contributed by atoms with Crippen LogP contribution in [-0.2, 0) is 0 Å². The van der Waals surface area contributed by atoms with Crippen molar-refractivity contribution in [2.24, 2.45) is 0 Å². The first-order valence-corrected chi connectivity index (χ1v) is 6.86. The van der Waals surface area contributed by atoms with E-state index in [9.17, 15) is 0 Å². The van der Waals surface area contributed by atoms with E-state index >= 15 is 0 Å². The molecule has 1 aromatic carbocycles. The highest BCUT2D eigenvalue weighted by Crippen LogP contribution is 2.30. The number of rotatable bonds is 1. The van der Waals surface area contributed by atoms with Crippen molar-refractivity contribution in [1.82, 2.24) is 9.97 Å². The average Bonchev–Trinajstić information content (AvgIpc) is 2.83. The lowest BCUT2D eigenvalue weighted by Crippen LogP contribution is -1.86. The van der Waals surface area contributed by atoms with Crippen LogP contribution in [-0.4, -0.2) is 9.97 Å². The van der Waals surface area contributed by atoms with Gasteiger partial charge in [0.25, 0.3) is 0 Å². The molecule has 0 unspecified atom stereocenters. The number of hydrogen-bond acceptors (Lipinski definition) is 3. The van der Waals surface area contributed by atoms with E-state index in [1.54, 1.807) is 11.3 Å². The molecule has 0 aliphatic heterocycles. The molecule has 5 heteroatoms. The van der Waals surface area contributed by atoms with E-state index in [0.29, 0.717) is 5.69 Å². The van der Waals surface area contributed by atoms with Crippen LogP contribution in [0.2, 0.25) is 0 Å². The van der Waals surface area contributed by atoms with Gasteiger partial charge in [-0.2, -0.15) is 11.3 Å². The van der Waals surface area contributed by atoms with Gasteiger partial charge < -0.3 is 10.7 Å². The van der Waals surface area contributed by atoms with E-state index in [4.69, 9.17) is 5.73 Å². The summed E-state index contributed by atoms with van der Waals surface area (Å²) in [6, 6.07) is 3.86. The van der Waals surface area contributed by atoms with Gasteiger partial charge in [0.05, 0.1) is 11.2 Å². The quantitative estimate of drug-likeness (QED) is 0.669. The number of imidazole rings is 1. The van der Waals surface area contributed by atoms with Gasteiger partial charge in [-0.15, -0.1) is 0 Å². The van der Waals surface area contributed by atoms with Crippen molar-refractivity contribution in [3.63, 3.8) is 0 Å². The van der Waals surface area contributed by atoms with Crippen molar-refractivity contribution < 1.29 is 0 Å². The molecule has 3 N–H and O–H groups in total. The molecule has 3 nitrogen and oxygen atoms in total. The number of nitrogens with one attached hydrogen (secondary N) is 1. The molecule has 17 heavy (non-hydrogen) atoms. The zero-order chi connectivity index (χ0) is 12.0. The Morgan fingerprint density at radius 1 is 1.35 bits per heavy atom. The summed E-state index contributed by atoms with van der Waals surface area (Å²) in [5, 5.41) is 4.21. The number of halogens is 1. The summed E-state index contributed by atoms with van der Waals surface area (Å²) >= 11 is 5.11. The number of aromatic nitrogens is 2. The largest absolute Gasteiger partial charge is 0.397 e. The predicted octanol–water partition coefficient (Wildman–Crippen LogP) is 3.94. The van der Waals surface area contributed by atoms with Gasteiger partial charge in [0.1, 0.15) is 11.3 Å². The fourth-order valence-corrected chi connectivity index (χ4v) is 3.15. The lowest BCUT2D eigenvalue weighted by atomic mass is 10.2. The first-order valence-electron chi connectivity index (χ1n) is 5.13. The summed E-state index contributed by atoms with van der Waals surface area (Å²) in [4.78, 5) is 7.87. The molecule has 0 aliphatic rings. The molecule has 3 rings (SSSR count). The molecule has 0 aliphatic carbocycles. The highest BCUT2D eigenvalue weighted by molar-refractivity contribution is 9.10. The zero-order valence-corrected chi connectivity index (χ0v) is 11.5. The number of aromatic amines is 1. The summed E-state index contributed by atoms with van der Waals surface area (Å²) in [5.41, 5.74) is 10.8. The van der Waals surface area contributed by atoms with Gasteiger partial charge in [-0.05, 0) is 30.0 Å². The van der Waals surface area contributed by atoms with Crippen molar-refractivity contribution in [3.8, 4) is 11.4 Å². The molecule has 3 aromatic rings. The predicted molar refractivity (Wildman–Crippen MR) is 76.3 cm³/mol. The van der Waals surface area contributed by atoms with Crippen molar-refractivity contribution in [1.29, 1.82) is 0 Å². The lowest BCUT2D eigenvalue weighted by molar-refractivity contribution is 1.32.